The first kappa shape index (κ1) is 22.6. The quantitative estimate of drug-likeness (QED) is 0.369. The Morgan fingerprint density at radius 1 is 0.963 bits per heavy atom. The smallest absolute Gasteiger partial charge is 0.306 e. The number of nitrogens with one attached hydrogen (secondary N) is 3. The number of nitrogens with zero attached hydrogens (tertiary/aromatic N) is 2. The molecular formula is C18H31N5O4. The summed E-state index contributed by atoms with van der Waals surface area (Å²) in [4.78, 5) is 35.5. The molecule has 1 rings (SSSR count). The molecule has 0 fully saturated rings. The largest absolute Gasteiger partial charge is 0.460 e. The van der Waals surface area contributed by atoms with Crippen molar-refractivity contribution in [3.8, 4) is 0 Å². The number of hydrogen-bond donors (Lipinski definition) is 3. The van der Waals surface area contributed by atoms with Crippen LogP contribution >= 0.6 is 0 Å². The maximum Gasteiger partial charge on any atom is 0.306 e. The summed E-state index contributed by atoms with van der Waals surface area (Å²) in [5.74, 6) is -0.690. The first-order valence-corrected chi connectivity index (χ1v) is 9.43. The van der Waals surface area contributed by atoms with Gasteiger partial charge >= 0.3 is 5.97 Å². The summed E-state index contributed by atoms with van der Waals surface area (Å²) in [6.07, 6.45) is 4.53. The summed E-state index contributed by atoms with van der Waals surface area (Å²) in [5.41, 5.74) is 4.54. The molecule has 1 aliphatic rings. The lowest BCUT2D eigenvalue weighted by atomic mass is 10.1. The van der Waals surface area contributed by atoms with Gasteiger partial charge in [-0.2, -0.15) is 5.10 Å². The van der Waals surface area contributed by atoms with Crippen LogP contribution in [0.4, 0.5) is 0 Å². The molecule has 0 radical (unpaired) electrons. The lowest BCUT2D eigenvalue weighted by Crippen LogP contribution is -2.45. The Bertz CT molecular complexity index is 593. The van der Waals surface area contributed by atoms with Crippen LogP contribution in [-0.4, -0.2) is 41.5 Å². The van der Waals surface area contributed by atoms with Crippen LogP contribution in [-0.2, 0) is 19.1 Å². The summed E-state index contributed by atoms with van der Waals surface area (Å²) in [7, 11) is 0. The van der Waals surface area contributed by atoms with Gasteiger partial charge in [0, 0.05) is 19.4 Å². The number of Topliss-reactive ketones (excluding diaryl/α,β-unsaturated/α-hetero) is 1. The zero-order chi connectivity index (χ0) is 20.3. The second-order valence-electron chi connectivity index (χ2n) is 7.32. The van der Waals surface area contributed by atoms with Crippen LogP contribution in [0.25, 0.3) is 0 Å². The van der Waals surface area contributed by atoms with Crippen LogP contribution in [0.2, 0.25) is 0 Å². The van der Waals surface area contributed by atoms with Crippen LogP contribution in [0, 0.1) is 0 Å². The van der Waals surface area contributed by atoms with E-state index in [0.29, 0.717) is 25.8 Å². The van der Waals surface area contributed by atoms with Crippen molar-refractivity contribution in [2.45, 2.75) is 78.2 Å². The Morgan fingerprint density at radius 2 is 1.59 bits per heavy atom. The number of amides is 1. The number of hydrazone groups is 2. The molecule has 0 saturated carbocycles. The van der Waals surface area contributed by atoms with E-state index in [0.717, 1.165) is 19.3 Å². The predicted molar refractivity (Wildman–Crippen MR) is 103 cm³/mol. The second-order valence-corrected chi connectivity index (χ2v) is 7.32. The monoisotopic (exact) mass is 381 g/mol. The Morgan fingerprint density at radius 3 is 2.19 bits per heavy atom. The third-order valence-corrected chi connectivity index (χ3v) is 3.55. The first-order chi connectivity index (χ1) is 12.7. The summed E-state index contributed by atoms with van der Waals surface area (Å²) in [5, 5.41) is 10.4. The molecule has 0 bridgehead atoms. The van der Waals surface area contributed by atoms with Crippen molar-refractivity contribution in [3.05, 3.63) is 0 Å². The molecule has 0 saturated heterocycles. The van der Waals surface area contributed by atoms with E-state index in [2.05, 4.69) is 26.4 Å². The Kier molecular flexibility index (Phi) is 9.46. The third kappa shape index (κ3) is 9.72. The normalized spacial score (nSPS) is 13.6. The highest BCUT2D eigenvalue weighted by Gasteiger charge is 2.19. The zero-order valence-electron chi connectivity index (χ0n) is 16.7. The Hall–Kier alpha value is -2.45. The number of amidine groups is 2. The maximum atomic E-state index is 12.1. The molecule has 0 spiro atoms. The van der Waals surface area contributed by atoms with Gasteiger partial charge in [-0.3, -0.25) is 25.2 Å². The SMILES string of the molecule is CCCCNC(=O)C1=NNC(C(=O)CCCCCC(=O)OC(C)(C)C)=NN1. The topological polar surface area (TPSA) is 121 Å². The van der Waals surface area contributed by atoms with Crippen molar-refractivity contribution in [3.63, 3.8) is 0 Å². The standard InChI is InChI=1S/C18H31N5O4/c1-5-6-12-19-17(26)16-22-20-15(21-23-16)13(24)10-8-7-9-11-14(25)27-18(2,3)4/h5-12H2,1-4H3,(H,19,26)(H,20,21)(H,22,23). The van der Waals surface area contributed by atoms with Gasteiger partial charge in [0.25, 0.3) is 5.91 Å². The second kappa shape index (κ2) is 11.3. The number of hydrogen-bond acceptors (Lipinski definition) is 8. The highest BCUT2D eigenvalue weighted by molar-refractivity contribution is 6.42. The summed E-state index contributed by atoms with van der Waals surface area (Å²) in [6, 6.07) is 0. The third-order valence-electron chi connectivity index (χ3n) is 3.55. The minimum Gasteiger partial charge on any atom is -0.460 e. The van der Waals surface area contributed by atoms with Crippen molar-refractivity contribution in [1.82, 2.24) is 16.2 Å². The molecule has 0 atom stereocenters. The van der Waals surface area contributed by atoms with Crippen molar-refractivity contribution in [2.24, 2.45) is 10.2 Å². The van der Waals surface area contributed by atoms with Gasteiger partial charge in [-0.1, -0.05) is 19.8 Å². The van der Waals surface area contributed by atoms with E-state index in [1.807, 2.05) is 27.7 Å². The molecule has 0 unspecified atom stereocenters. The van der Waals surface area contributed by atoms with E-state index in [1.54, 1.807) is 0 Å². The fourth-order valence-corrected chi connectivity index (χ4v) is 2.20. The van der Waals surface area contributed by atoms with Crippen molar-refractivity contribution >= 4 is 29.3 Å². The van der Waals surface area contributed by atoms with Gasteiger partial charge in [-0.15, -0.1) is 5.10 Å². The van der Waals surface area contributed by atoms with E-state index in [4.69, 9.17) is 4.74 Å². The summed E-state index contributed by atoms with van der Waals surface area (Å²) >= 11 is 0. The van der Waals surface area contributed by atoms with Crippen molar-refractivity contribution in [2.75, 3.05) is 6.54 Å². The number of carbonyl (C=O) groups excluding carboxylic acids is 3. The molecule has 1 amide bonds. The zero-order valence-corrected chi connectivity index (χ0v) is 16.7. The molecule has 0 aromatic carbocycles. The number of ketones is 1. The molecule has 0 aromatic rings. The van der Waals surface area contributed by atoms with Crippen LogP contribution in [0.15, 0.2) is 10.2 Å². The summed E-state index contributed by atoms with van der Waals surface area (Å²) in [6.45, 7) is 8.09. The van der Waals surface area contributed by atoms with Crippen LogP contribution < -0.4 is 16.2 Å². The molecule has 0 aliphatic carbocycles. The molecule has 3 N–H and O–H groups in total. The first-order valence-electron chi connectivity index (χ1n) is 9.43. The number of rotatable bonds is 11. The van der Waals surface area contributed by atoms with Crippen molar-refractivity contribution in [1.29, 1.82) is 0 Å². The molecule has 1 heterocycles. The van der Waals surface area contributed by atoms with E-state index in [-0.39, 0.29) is 35.8 Å². The molecule has 0 aromatic heterocycles. The lowest BCUT2D eigenvalue weighted by molar-refractivity contribution is -0.154. The molecular weight excluding hydrogens is 350 g/mol. The lowest BCUT2D eigenvalue weighted by Gasteiger charge is -2.19. The Balaban J connectivity index is 2.21. The van der Waals surface area contributed by atoms with E-state index < -0.39 is 5.60 Å². The molecule has 27 heavy (non-hydrogen) atoms. The maximum absolute atomic E-state index is 12.1. The van der Waals surface area contributed by atoms with Gasteiger partial charge in [0.05, 0.1) is 0 Å². The minimum atomic E-state index is -0.475. The highest BCUT2D eigenvalue weighted by Crippen LogP contribution is 2.11. The number of ether oxygens (including phenoxy) is 1. The average molecular weight is 381 g/mol. The molecule has 1 aliphatic heterocycles. The highest BCUT2D eigenvalue weighted by atomic mass is 16.6. The van der Waals surface area contributed by atoms with E-state index >= 15 is 0 Å². The van der Waals surface area contributed by atoms with Crippen LogP contribution in [0.5, 0.6) is 0 Å². The molecule has 152 valence electrons. The van der Waals surface area contributed by atoms with Gasteiger partial charge < -0.3 is 10.1 Å². The Labute approximate surface area is 160 Å². The average Bonchev–Trinajstić information content (AvgIpc) is 2.60. The number of esters is 1. The number of unbranched alkanes of at least 4 members (excludes halogenated alkanes) is 3. The van der Waals surface area contributed by atoms with Gasteiger partial charge in [0.15, 0.2) is 0 Å². The van der Waals surface area contributed by atoms with Crippen LogP contribution in [0.3, 0.4) is 0 Å². The predicted octanol–water partition coefficient (Wildman–Crippen LogP) is 1.58. The summed E-state index contributed by atoms with van der Waals surface area (Å²) < 4.78 is 5.23. The minimum absolute atomic E-state index is 0.0278. The fourth-order valence-electron chi connectivity index (χ4n) is 2.20. The molecule has 9 heteroatoms. The fraction of sp³-hybridized carbons (Fsp3) is 0.722. The van der Waals surface area contributed by atoms with Gasteiger partial charge in [0.2, 0.25) is 17.5 Å². The van der Waals surface area contributed by atoms with Crippen molar-refractivity contribution < 1.29 is 19.1 Å². The van der Waals surface area contributed by atoms with Gasteiger partial charge in [-0.05, 0) is 40.0 Å². The molecule has 9 nitrogen and oxygen atoms in total. The van der Waals surface area contributed by atoms with Gasteiger partial charge in [0.1, 0.15) is 5.60 Å². The van der Waals surface area contributed by atoms with E-state index in [9.17, 15) is 14.4 Å². The van der Waals surface area contributed by atoms with Gasteiger partial charge in [-0.25, -0.2) is 0 Å². The number of carbonyl (C=O) groups is 3. The van der Waals surface area contributed by atoms with E-state index in [1.165, 1.54) is 0 Å². The van der Waals surface area contributed by atoms with Crippen LogP contribution in [0.1, 0.15) is 72.6 Å².